The maximum absolute atomic E-state index is 5.58. The van der Waals surface area contributed by atoms with E-state index in [2.05, 4.69) is 11.0 Å². The Morgan fingerprint density at radius 3 is 1.92 bits per heavy atom. The van der Waals surface area contributed by atoms with Crippen LogP contribution in [0.5, 0.6) is 0 Å². The standard InChI is InChI=1S/C7H19N3O2/c1-6(2,8)11-10-7(3,4)12-9-5/h9-10H,8H2,1-5H3. The summed E-state index contributed by atoms with van der Waals surface area (Å²) in [6, 6.07) is 0. The lowest BCUT2D eigenvalue weighted by molar-refractivity contribution is -0.210. The lowest BCUT2D eigenvalue weighted by Crippen LogP contribution is -2.51. The molecule has 0 aliphatic carbocycles. The van der Waals surface area contributed by atoms with Gasteiger partial charge in [-0.15, -0.1) is 0 Å². The minimum absolute atomic E-state index is 0.606. The zero-order valence-electron chi connectivity index (χ0n) is 8.39. The molecule has 0 saturated carbocycles. The Bertz CT molecular complexity index is 131. The third kappa shape index (κ3) is 6.51. The van der Waals surface area contributed by atoms with Crippen LogP contribution in [0.4, 0.5) is 0 Å². The SMILES string of the molecule is CNOC(C)(C)NOC(C)(C)N. The first-order chi connectivity index (χ1) is 5.27. The van der Waals surface area contributed by atoms with Crippen molar-refractivity contribution in [3.8, 4) is 0 Å². The quantitative estimate of drug-likeness (QED) is 0.410. The molecule has 0 aromatic heterocycles. The van der Waals surface area contributed by atoms with Crippen LogP contribution in [0, 0.1) is 0 Å². The average Bonchev–Trinajstić information content (AvgIpc) is 1.83. The lowest BCUT2D eigenvalue weighted by Gasteiger charge is -2.29. The molecular formula is C7H19N3O2. The Morgan fingerprint density at radius 2 is 1.58 bits per heavy atom. The Balaban J connectivity index is 3.75. The van der Waals surface area contributed by atoms with Gasteiger partial charge in [0.1, 0.15) is 5.72 Å². The first-order valence-corrected chi connectivity index (χ1v) is 3.86. The molecule has 0 unspecified atom stereocenters. The summed E-state index contributed by atoms with van der Waals surface area (Å²) >= 11 is 0. The van der Waals surface area contributed by atoms with Crippen molar-refractivity contribution in [2.24, 2.45) is 5.73 Å². The zero-order valence-corrected chi connectivity index (χ0v) is 8.39. The predicted octanol–water partition coefficient (Wildman–Crippen LogP) is 0.0895. The van der Waals surface area contributed by atoms with Crippen LogP contribution in [0.1, 0.15) is 27.7 Å². The normalized spacial score (nSPS) is 13.5. The van der Waals surface area contributed by atoms with Crippen LogP contribution in [-0.4, -0.2) is 18.5 Å². The van der Waals surface area contributed by atoms with Gasteiger partial charge in [-0.2, -0.15) is 5.48 Å². The first-order valence-electron chi connectivity index (χ1n) is 3.86. The lowest BCUT2D eigenvalue weighted by atomic mass is 10.3. The van der Waals surface area contributed by atoms with Crippen molar-refractivity contribution in [3.63, 3.8) is 0 Å². The third-order valence-electron chi connectivity index (χ3n) is 0.917. The van der Waals surface area contributed by atoms with E-state index >= 15 is 0 Å². The topological polar surface area (TPSA) is 68.5 Å². The van der Waals surface area contributed by atoms with E-state index in [1.54, 1.807) is 20.9 Å². The van der Waals surface area contributed by atoms with Crippen LogP contribution in [0.15, 0.2) is 0 Å². The molecule has 4 N–H and O–H groups in total. The zero-order chi connectivity index (χ0) is 9.83. The largest absolute Gasteiger partial charge is 0.302 e. The van der Waals surface area contributed by atoms with Crippen molar-refractivity contribution < 1.29 is 9.68 Å². The molecule has 0 radical (unpaired) electrons. The summed E-state index contributed by atoms with van der Waals surface area (Å²) in [7, 11) is 1.68. The van der Waals surface area contributed by atoms with E-state index in [4.69, 9.17) is 15.4 Å². The molecule has 0 spiro atoms. The molecule has 12 heavy (non-hydrogen) atoms. The molecule has 74 valence electrons. The van der Waals surface area contributed by atoms with Crippen molar-refractivity contribution in [3.05, 3.63) is 0 Å². The maximum Gasteiger partial charge on any atom is 0.156 e. The summed E-state index contributed by atoms with van der Waals surface area (Å²) < 4.78 is 0. The molecule has 0 heterocycles. The van der Waals surface area contributed by atoms with E-state index in [0.29, 0.717) is 0 Å². The number of nitrogens with two attached hydrogens (primary N) is 1. The summed E-state index contributed by atoms with van der Waals surface area (Å²) in [5.41, 5.74) is 9.51. The number of hydrogen-bond donors (Lipinski definition) is 3. The van der Waals surface area contributed by atoms with Gasteiger partial charge in [0.25, 0.3) is 0 Å². The van der Waals surface area contributed by atoms with Crippen molar-refractivity contribution in [2.75, 3.05) is 7.05 Å². The number of hydrogen-bond acceptors (Lipinski definition) is 5. The summed E-state index contributed by atoms with van der Waals surface area (Å²) in [5, 5.41) is 0. The molecule has 0 amide bonds. The fourth-order valence-corrected chi connectivity index (χ4v) is 0.530. The van der Waals surface area contributed by atoms with Gasteiger partial charge in [-0.05, 0) is 27.7 Å². The number of hydroxylamine groups is 2. The molecule has 0 saturated heterocycles. The molecule has 0 bridgehead atoms. The molecule has 5 heteroatoms. The second-order valence-electron chi connectivity index (χ2n) is 3.62. The van der Waals surface area contributed by atoms with E-state index in [1.165, 1.54) is 0 Å². The van der Waals surface area contributed by atoms with Crippen LogP contribution in [-0.2, 0) is 9.68 Å². The van der Waals surface area contributed by atoms with Gasteiger partial charge < -0.3 is 5.73 Å². The molecule has 5 nitrogen and oxygen atoms in total. The molecule has 0 rings (SSSR count). The molecule has 0 aliphatic heterocycles. The van der Waals surface area contributed by atoms with Crippen molar-refractivity contribution in [2.45, 2.75) is 39.1 Å². The van der Waals surface area contributed by atoms with Crippen LogP contribution in [0.25, 0.3) is 0 Å². The van der Waals surface area contributed by atoms with Gasteiger partial charge in [0.15, 0.2) is 5.72 Å². The average molecular weight is 177 g/mol. The Labute approximate surface area is 73.5 Å². The molecule has 0 atom stereocenters. The Kier molecular flexibility index (Phi) is 4.09. The second kappa shape index (κ2) is 4.15. The second-order valence-corrected chi connectivity index (χ2v) is 3.62. The van der Waals surface area contributed by atoms with E-state index < -0.39 is 11.4 Å². The molecule has 0 fully saturated rings. The highest BCUT2D eigenvalue weighted by atomic mass is 16.7. The van der Waals surface area contributed by atoms with Crippen molar-refractivity contribution in [1.82, 2.24) is 11.0 Å². The van der Waals surface area contributed by atoms with Gasteiger partial charge in [-0.25, -0.2) is 5.48 Å². The maximum atomic E-state index is 5.58. The Hall–Kier alpha value is -0.200. The van der Waals surface area contributed by atoms with Gasteiger partial charge in [0.05, 0.1) is 0 Å². The predicted molar refractivity (Wildman–Crippen MR) is 46.7 cm³/mol. The van der Waals surface area contributed by atoms with E-state index in [9.17, 15) is 0 Å². The van der Waals surface area contributed by atoms with E-state index in [0.717, 1.165) is 0 Å². The van der Waals surface area contributed by atoms with Gasteiger partial charge in [-0.3, -0.25) is 9.68 Å². The smallest absolute Gasteiger partial charge is 0.156 e. The van der Waals surface area contributed by atoms with Crippen LogP contribution in [0.2, 0.25) is 0 Å². The summed E-state index contributed by atoms with van der Waals surface area (Å²) in [6.07, 6.45) is 0. The highest BCUT2D eigenvalue weighted by Crippen LogP contribution is 2.05. The molecule has 0 aliphatic rings. The van der Waals surface area contributed by atoms with E-state index in [-0.39, 0.29) is 0 Å². The fourth-order valence-electron chi connectivity index (χ4n) is 0.530. The minimum atomic E-state index is -0.714. The van der Waals surface area contributed by atoms with Gasteiger partial charge in [0.2, 0.25) is 0 Å². The molecule has 0 aromatic rings. The molecular weight excluding hydrogens is 158 g/mol. The Morgan fingerprint density at radius 1 is 1.08 bits per heavy atom. The van der Waals surface area contributed by atoms with Crippen molar-refractivity contribution >= 4 is 0 Å². The van der Waals surface area contributed by atoms with E-state index in [1.807, 2.05) is 13.8 Å². The number of nitrogens with one attached hydrogen (secondary N) is 2. The summed E-state index contributed by atoms with van der Waals surface area (Å²) in [5.74, 6) is 0. The summed E-state index contributed by atoms with van der Waals surface area (Å²) in [6.45, 7) is 7.12. The monoisotopic (exact) mass is 177 g/mol. The van der Waals surface area contributed by atoms with Gasteiger partial charge in [0, 0.05) is 7.05 Å². The first kappa shape index (κ1) is 11.8. The number of rotatable bonds is 5. The minimum Gasteiger partial charge on any atom is -0.302 e. The van der Waals surface area contributed by atoms with Gasteiger partial charge >= 0.3 is 0 Å². The molecule has 0 aromatic carbocycles. The fraction of sp³-hybridized carbons (Fsp3) is 1.00. The van der Waals surface area contributed by atoms with Gasteiger partial charge in [-0.1, -0.05) is 0 Å². The highest BCUT2D eigenvalue weighted by Gasteiger charge is 2.21. The van der Waals surface area contributed by atoms with Crippen LogP contribution < -0.4 is 16.7 Å². The highest BCUT2D eigenvalue weighted by molar-refractivity contribution is 4.60. The van der Waals surface area contributed by atoms with Crippen molar-refractivity contribution in [1.29, 1.82) is 0 Å². The van der Waals surface area contributed by atoms with Crippen LogP contribution in [0.3, 0.4) is 0 Å². The third-order valence-corrected chi connectivity index (χ3v) is 0.917. The van der Waals surface area contributed by atoms with Crippen LogP contribution >= 0.6 is 0 Å². The summed E-state index contributed by atoms with van der Waals surface area (Å²) in [4.78, 5) is 10.2.